The van der Waals surface area contributed by atoms with E-state index in [1.165, 1.54) is 0 Å². The zero-order chi connectivity index (χ0) is 26.3. The number of aliphatic imine (C=N–C) groups is 2. The van der Waals surface area contributed by atoms with E-state index in [2.05, 4.69) is 36.2 Å². The molecule has 0 aliphatic carbocycles. The standard InChI is InChI=1S/C23H31Cl2N9O2/c1-34(14-2-12-28-20(26)32-22(35)30-18-8-4-16(24)5-9-18)15-3-13-29-21(27)33-23(36)31-19-10-6-17(25)7-11-19/h4-11H,2-3,12-15H2,1H3,(H4,26,28,30,32,35)(H4,27,29,31,33,36). The van der Waals surface area contributed by atoms with Gasteiger partial charge in [-0.3, -0.25) is 0 Å². The van der Waals surface area contributed by atoms with E-state index in [1.54, 1.807) is 48.5 Å². The van der Waals surface area contributed by atoms with Crippen LogP contribution >= 0.6 is 23.2 Å². The van der Waals surface area contributed by atoms with Gasteiger partial charge in [0.2, 0.25) is 0 Å². The second kappa shape index (κ2) is 15.5. The summed E-state index contributed by atoms with van der Waals surface area (Å²) in [7, 11) is 1.99. The van der Waals surface area contributed by atoms with Gasteiger partial charge in [-0.2, -0.15) is 9.98 Å². The van der Waals surface area contributed by atoms with Crippen molar-refractivity contribution in [3.05, 3.63) is 58.6 Å². The van der Waals surface area contributed by atoms with Crippen LogP contribution in [0.2, 0.25) is 10.0 Å². The maximum Gasteiger partial charge on any atom is 0.348 e. The summed E-state index contributed by atoms with van der Waals surface area (Å²) in [6.07, 6.45) is 1.60. The van der Waals surface area contributed by atoms with Crippen LogP contribution in [-0.4, -0.2) is 62.1 Å². The maximum absolute atomic E-state index is 11.9. The number of carbonyl (C=O) groups excluding carboxylic acids is 2. The van der Waals surface area contributed by atoms with Gasteiger partial charge in [-0.1, -0.05) is 23.2 Å². The lowest BCUT2D eigenvalue weighted by Crippen LogP contribution is -2.36. The van der Waals surface area contributed by atoms with Crippen molar-refractivity contribution in [2.24, 2.45) is 21.5 Å². The number of nitrogens with zero attached hydrogens (tertiary/aromatic N) is 3. The average Bonchev–Trinajstić information content (AvgIpc) is 2.82. The summed E-state index contributed by atoms with van der Waals surface area (Å²) in [5, 5.41) is 12.2. The van der Waals surface area contributed by atoms with Gasteiger partial charge in [-0.25, -0.2) is 9.59 Å². The molecule has 36 heavy (non-hydrogen) atoms. The third-order valence-corrected chi connectivity index (χ3v) is 5.18. The molecule has 0 heterocycles. The van der Waals surface area contributed by atoms with Gasteiger partial charge < -0.3 is 37.6 Å². The number of hydrogen-bond acceptors (Lipinski definition) is 3. The minimum atomic E-state index is -0.572. The topological polar surface area (TPSA) is 162 Å². The van der Waals surface area contributed by atoms with Crippen LogP contribution in [-0.2, 0) is 0 Å². The highest BCUT2D eigenvalue weighted by Gasteiger charge is 2.04. The third-order valence-electron chi connectivity index (χ3n) is 4.68. The van der Waals surface area contributed by atoms with Crippen molar-refractivity contribution in [2.75, 3.05) is 43.9 Å². The molecule has 0 aliphatic heterocycles. The van der Waals surface area contributed by atoms with Crippen LogP contribution in [0.25, 0.3) is 0 Å². The van der Waals surface area contributed by atoms with Gasteiger partial charge in [0, 0.05) is 34.5 Å². The minimum Gasteiger partial charge on any atom is -0.370 e. The van der Waals surface area contributed by atoms with E-state index in [1.807, 2.05) is 7.05 Å². The SMILES string of the molecule is CN(CCCNC(N)=NC(=O)Nc1ccc(Cl)cc1)CCCNC(N)=NC(=O)Nc1ccc(Cl)cc1. The van der Waals surface area contributed by atoms with E-state index >= 15 is 0 Å². The minimum absolute atomic E-state index is 0.0446. The molecule has 0 atom stereocenters. The van der Waals surface area contributed by atoms with Gasteiger partial charge in [0.15, 0.2) is 11.9 Å². The zero-order valence-corrected chi connectivity index (χ0v) is 21.4. The van der Waals surface area contributed by atoms with Crippen LogP contribution in [0.3, 0.4) is 0 Å². The molecule has 0 fully saturated rings. The molecule has 11 nitrogen and oxygen atoms in total. The smallest absolute Gasteiger partial charge is 0.348 e. The normalized spacial score (nSPS) is 11.8. The summed E-state index contributed by atoms with van der Waals surface area (Å²) in [5.74, 6) is 0.0892. The Morgan fingerprint density at radius 3 is 1.47 bits per heavy atom. The summed E-state index contributed by atoms with van der Waals surface area (Å²) in [6.45, 7) is 2.75. The molecule has 2 aromatic carbocycles. The predicted molar refractivity (Wildman–Crippen MR) is 147 cm³/mol. The van der Waals surface area contributed by atoms with E-state index in [9.17, 15) is 9.59 Å². The van der Waals surface area contributed by atoms with Crippen LogP contribution in [0, 0.1) is 0 Å². The Bertz CT molecular complexity index is 961. The molecule has 0 saturated heterocycles. The highest BCUT2D eigenvalue weighted by atomic mass is 35.5. The largest absolute Gasteiger partial charge is 0.370 e. The first-order valence-electron chi connectivity index (χ1n) is 11.2. The van der Waals surface area contributed by atoms with Crippen molar-refractivity contribution < 1.29 is 9.59 Å². The molecule has 13 heteroatoms. The van der Waals surface area contributed by atoms with Gasteiger partial charge in [0.05, 0.1) is 0 Å². The number of guanidine groups is 2. The molecule has 0 radical (unpaired) electrons. The number of benzene rings is 2. The fourth-order valence-corrected chi connectivity index (χ4v) is 3.16. The Labute approximate surface area is 220 Å². The molecular weight excluding hydrogens is 505 g/mol. The molecule has 8 N–H and O–H groups in total. The van der Waals surface area contributed by atoms with Crippen molar-refractivity contribution in [3.8, 4) is 0 Å². The second-order valence-corrected chi connectivity index (χ2v) is 8.60. The monoisotopic (exact) mass is 535 g/mol. The maximum atomic E-state index is 11.9. The Kier molecular flexibility index (Phi) is 12.3. The third kappa shape index (κ3) is 12.2. The summed E-state index contributed by atoms with van der Waals surface area (Å²) < 4.78 is 0. The first-order valence-corrected chi connectivity index (χ1v) is 11.9. The molecule has 0 saturated carbocycles. The Hall–Kier alpha value is -3.54. The lowest BCUT2D eigenvalue weighted by Gasteiger charge is -2.17. The molecule has 0 spiro atoms. The van der Waals surface area contributed by atoms with Gasteiger partial charge in [0.25, 0.3) is 0 Å². The summed E-state index contributed by atoms with van der Waals surface area (Å²) >= 11 is 11.6. The van der Waals surface area contributed by atoms with Crippen molar-refractivity contribution in [3.63, 3.8) is 0 Å². The number of rotatable bonds is 10. The van der Waals surface area contributed by atoms with E-state index in [-0.39, 0.29) is 11.9 Å². The number of hydrogen-bond donors (Lipinski definition) is 6. The number of carbonyl (C=O) groups is 2. The average molecular weight is 536 g/mol. The number of amides is 4. The van der Waals surface area contributed by atoms with Crippen molar-refractivity contribution in [2.45, 2.75) is 12.8 Å². The van der Waals surface area contributed by atoms with Crippen molar-refractivity contribution in [1.29, 1.82) is 0 Å². The molecular formula is C23H31Cl2N9O2. The van der Waals surface area contributed by atoms with E-state index in [0.29, 0.717) is 34.5 Å². The first-order chi connectivity index (χ1) is 17.2. The van der Waals surface area contributed by atoms with Crippen LogP contribution in [0.15, 0.2) is 58.5 Å². The van der Waals surface area contributed by atoms with Crippen LogP contribution in [0.4, 0.5) is 21.0 Å². The van der Waals surface area contributed by atoms with Gasteiger partial charge in [-0.15, -0.1) is 0 Å². The molecule has 0 aromatic heterocycles. The number of nitrogens with two attached hydrogens (primary N) is 2. The molecule has 4 amide bonds. The lowest BCUT2D eigenvalue weighted by atomic mass is 10.3. The molecule has 2 rings (SSSR count). The molecule has 0 bridgehead atoms. The highest BCUT2D eigenvalue weighted by Crippen LogP contribution is 2.14. The predicted octanol–water partition coefficient (Wildman–Crippen LogP) is 3.28. The van der Waals surface area contributed by atoms with E-state index < -0.39 is 12.1 Å². The first kappa shape index (κ1) is 28.7. The van der Waals surface area contributed by atoms with Crippen molar-refractivity contribution in [1.82, 2.24) is 15.5 Å². The van der Waals surface area contributed by atoms with E-state index in [4.69, 9.17) is 34.7 Å². The second-order valence-electron chi connectivity index (χ2n) is 7.73. The lowest BCUT2D eigenvalue weighted by molar-refractivity contribution is 0.258. The van der Waals surface area contributed by atoms with Crippen LogP contribution in [0.1, 0.15) is 12.8 Å². The summed E-state index contributed by atoms with van der Waals surface area (Å²) in [6, 6.07) is 12.2. The fraction of sp³-hybridized carbons (Fsp3) is 0.304. The highest BCUT2D eigenvalue weighted by molar-refractivity contribution is 6.31. The number of anilines is 2. The van der Waals surface area contributed by atoms with Crippen LogP contribution in [0.5, 0.6) is 0 Å². The molecule has 194 valence electrons. The van der Waals surface area contributed by atoms with Gasteiger partial charge in [0.1, 0.15) is 0 Å². The zero-order valence-electron chi connectivity index (χ0n) is 19.9. The summed E-state index contributed by atoms with van der Waals surface area (Å²) in [5.41, 5.74) is 12.7. The fourth-order valence-electron chi connectivity index (χ4n) is 2.91. The Balaban J connectivity index is 1.55. The number of urea groups is 2. The quantitative estimate of drug-likeness (QED) is 0.154. The molecule has 2 aromatic rings. The Morgan fingerprint density at radius 1 is 0.750 bits per heavy atom. The van der Waals surface area contributed by atoms with Gasteiger partial charge in [-0.05, 0) is 81.5 Å². The summed E-state index contributed by atoms with van der Waals surface area (Å²) in [4.78, 5) is 33.4. The van der Waals surface area contributed by atoms with Gasteiger partial charge >= 0.3 is 12.1 Å². The van der Waals surface area contributed by atoms with Crippen LogP contribution < -0.4 is 32.7 Å². The van der Waals surface area contributed by atoms with Crippen molar-refractivity contribution >= 4 is 58.6 Å². The number of nitrogens with one attached hydrogen (secondary N) is 4. The Morgan fingerprint density at radius 2 is 1.11 bits per heavy atom. The molecule has 0 unspecified atom stereocenters. The number of halogens is 2. The van der Waals surface area contributed by atoms with E-state index in [0.717, 1.165) is 25.9 Å². The molecule has 0 aliphatic rings.